The van der Waals surface area contributed by atoms with Gasteiger partial charge in [-0.3, -0.25) is 14.2 Å². The Bertz CT molecular complexity index is 1360. The molecule has 0 spiro atoms. The molecule has 180 valence electrons. The second kappa shape index (κ2) is 12.0. The summed E-state index contributed by atoms with van der Waals surface area (Å²) in [5, 5.41) is 4.79. The van der Waals surface area contributed by atoms with Crippen LogP contribution >= 0.6 is 23.4 Å². The largest absolute Gasteiger partial charge is 0.354 e. The lowest BCUT2D eigenvalue weighted by Crippen LogP contribution is -2.32. The third-order valence-corrected chi connectivity index (χ3v) is 6.97. The van der Waals surface area contributed by atoms with E-state index in [0.29, 0.717) is 45.4 Å². The highest BCUT2D eigenvalue weighted by molar-refractivity contribution is 7.99. The van der Waals surface area contributed by atoms with Crippen molar-refractivity contribution >= 4 is 40.2 Å². The van der Waals surface area contributed by atoms with Crippen LogP contribution in [0.3, 0.4) is 0 Å². The number of aryl methyl sites for hydroxylation is 1. The molecule has 3 aromatic carbocycles. The van der Waals surface area contributed by atoms with Crippen LogP contribution in [0.15, 0.2) is 88.8 Å². The molecule has 4 rings (SSSR count). The molecule has 0 aliphatic carbocycles. The Morgan fingerprint density at radius 3 is 2.63 bits per heavy atom. The van der Waals surface area contributed by atoms with E-state index in [2.05, 4.69) is 17.4 Å². The molecule has 0 fully saturated rings. The van der Waals surface area contributed by atoms with E-state index < -0.39 is 0 Å². The first kappa shape index (κ1) is 25.0. The Labute approximate surface area is 214 Å². The molecule has 1 amide bonds. The van der Waals surface area contributed by atoms with Gasteiger partial charge in [-0.05, 0) is 62.1 Å². The summed E-state index contributed by atoms with van der Waals surface area (Å²) >= 11 is 7.66. The summed E-state index contributed by atoms with van der Waals surface area (Å²) in [6, 6.07) is 24.9. The molecule has 1 heterocycles. The van der Waals surface area contributed by atoms with Gasteiger partial charge < -0.3 is 5.32 Å². The van der Waals surface area contributed by atoms with E-state index >= 15 is 0 Å². The van der Waals surface area contributed by atoms with Gasteiger partial charge in [-0.1, -0.05) is 71.9 Å². The number of hydrogen-bond acceptors (Lipinski definition) is 4. The predicted octanol–water partition coefficient (Wildman–Crippen LogP) is 6.05. The quantitative estimate of drug-likeness (QED) is 0.162. The number of halogens is 1. The number of nitrogens with one attached hydrogen (secondary N) is 1. The Kier molecular flexibility index (Phi) is 8.61. The van der Waals surface area contributed by atoms with E-state index in [-0.39, 0.29) is 17.5 Å². The minimum Gasteiger partial charge on any atom is -0.354 e. The molecule has 0 saturated heterocycles. The van der Waals surface area contributed by atoms with Crippen LogP contribution in [-0.2, 0) is 11.2 Å². The lowest BCUT2D eigenvalue weighted by Gasteiger charge is -2.15. The molecule has 0 bridgehead atoms. The zero-order valence-electron chi connectivity index (χ0n) is 19.6. The zero-order chi connectivity index (χ0) is 24.6. The highest BCUT2D eigenvalue weighted by atomic mass is 35.5. The fourth-order valence-corrected chi connectivity index (χ4v) is 5.03. The van der Waals surface area contributed by atoms with Gasteiger partial charge in [0.15, 0.2) is 5.16 Å². The minimum atomic E-state index is -0.134. The first-order valence-corrected chi connectivity index (χ1v) is 13.1. The monoisotopic (exact) mass is 505 g/mol. The summed E-state index contributed by atoms with van der Waals surface area (Å²) in [6.45, 7) is 2.04. The fourth-order valence-electron chi connectivity index (χ4n) is 3.90. The topological polar surface area (TPSA) is 64.0 Å². The first-order valence-electron chi connectivity index (χ1n) is 11.7. The Balaban J connectivity index is 1.37. The maximum absolute atomic E-state index is 13.3. The van der Waals surface area contributed by atoms with Gasteiger partial charge in [-0.25, -0.2) is 4.98 Å². The van der Waals surface area contributed by atoms with Gasteiger partial charge in [-0.2, -0.15) is 0 Å². The molecule has 1 N–H and O–H groups in total. The van der Waals surface area contributed by atoms with Crippen LogP contribution < -0.4 is 10.9 Å². The van der Waals surface area contributed by atoms with E-state index in [9.17, 15) is 9.59 Å². The first-order chi connectivity index (χ1) is 17.0. The van der Waals surface area contributed by atoms with E-state index in [1.807, 2.05) is 55.5 Å². The Hall–Kier alpha value is -3.09. The number of carbonyl (C=O) groups excluding carboxylic acids is 1. The number of aromatic nitrogens is 2. The standard InChI is InChI=1S/C28H28ClN3O2S/c1-20(16-17-21-9-3-2-4-10-21)30-26(33)15-8-18-35-28-31-25-14-6-5-13-24(25)27(34)32(28)23-12-7-11-22(29)19-23/h2-7,9-14,19-20H,8,15-18H2,1H3,(H,30,33). The molecular weight excluding hydrogens is 478 g/mol. The molecule has 1 unspecified atom stereocenters. The molecule has 35 heavy (non-hydrogen) atoms. The second-order valence-corrected chi connectivity index (χ2v) is 9.98. The molecule has 5 nitrogen and oxygen atoms in total. The van der Waals surface area contributed by atoms with Gasteiger partial charge in [0.25, 0.3) is 5.56 Å². The van der Waals surface area contributed by atoms with Crippen molar-refractivity contribution in [1.29, 1.82) is 0 Å². The average molecular weight is 506 g/mol. The smallest absolute Gasteiger partial charge is 0.266 e. The Morgan fingerprint density at radius 2 is 1.83 bits per heavy atom. The van der Waals surface area contributed by atoms with Crippen molar-refractivity contribution in [3.8, 4) is 5.69 Å². The van der Waals surface area contributed by atoms with Crippen molar-refractivity contribution in [3.05, 3.63) is 99.8 Å². The molecular formula is C28H28ClN3O2S. The van der Waals surface area contributed by atoms with Crippen LogP contribution in [0.5, 0.6) is 0 Å². The summed E-state index contributed by atoms with van der Waals surface area (Å²) in [7, 11) is 0. The maximum Gasteiger partial charge on any atom is 0.266 e. The summed E-state index contributed by atoms with van der Waals surface area (Å²) < 4.78 is 1.60. The minimum absolute atomic E-state index is 0.0462. The zero-order valence-corrected chi connectivity index (χ0v) is 21.2. The summed E-state index contributed by atoms with van der Waals surface area (Å²) in [4.78, 5) is 30.5. The lowest BCUT2D eigenvalue weighted by atomic mass is 10.1. The number of para-hydroxylation sites is 1. The van der Waals surface area contributed by atoms with Gasteiger partial charge in [0, 0.05) is 23.2 Å². The van der Waals surface area contributed by atoms with Crippen molar-refractivity contribution in [2.24, 2.45) is 0 Å². The lowest BCUT2D eigenvalue weighted by molar-refractivity contribution is -0.121. The van der Waals surface area contributed by atoms with E-state index in [4.69, 9.17) is 16.6 Å². The highest BCUT2D eigenvalue weighted by Gasteiger charge is 2.14. The number of benzene rings is 3. The molecule has 4 aromatic rings. The number of rotatable bonds is 10. The Morgan fingerprint density at radius 1 is 1.06 bits per heavy atom. The van der Waals surface area contributed by atoms with Crippen molar-refractivity contribution in [3.63, 3.8) is 0 Å². The molecule has 0 aliphatic heterocycles. The molecule has 0 saturated carbocycles. The van der Waals surface area contributed by atoms with Crippen LogP contribution in [0, 0.1) is 0 Å². The van der Waals surface area contributed by atoms with Gasteiger partial charge in [0.1, 0.15) is 0 Å². The number of thioether (sulfide) groups is 1. The number of carbonyl (C=O) groups is 1. The van der Waals surface area contributed by atoms with E-state index in [1.165, 1.54) is 17.3 Å². The van der Waals surface area contributed by atoms with E-state index in [0.717, 1.165) is 12.8 Å². The highest BCUT2D eigenvalue weighted by Crippen LogP contribution is 2.23. The molecule has 7 heteroatoms. The second-order valence-electron chi connectivity index (χ2n) is 8.48. The van der Waals surface area contributed by atoms with E-state index in [1.54, 1.807) is 22.8 Å². The molecule has 0 aliphatic rings. The SMILES string of the molecule is CC(CCc1ccccc1)NC(=O)CCCSc1nc2ccccc2c(=O)n1-c1cccc(Cl)c1. The van der Waals surface area contributed by atoms with Crippen molar-refractivity contribution < 1.29 is 4.79 Å². The summed E-state index contributed by atoms with van der Waals surface area (Å²) in [5.41, 5.74) is 2.47. The van der Waals surface area contributed by atoms with Crippen LogP contribution in [0.1, 0.15) is 31.7 Å². The maximum atomic E-state index is 13.3. The summed E-state index contributed by atoms with van der Waals surface area (Å²) in [6.07, 6.45) is 2.95. The van der Waals surface area contributed by atoms with Gasteiger partial charge in [0.05, 0.1) is 16.6 Å². The van der Waals surface area contributed by atoms with Crippen LogP contribution in [0.4, 0.5) is 0 Å². The normalized spacial score (nSPS) is 11.9. The average Bonchev–Trinajstić information content (AvgIpc) is 2.86. The number of nitrogens with zero attached hydrogens (tertiary/aromatic N) is 2. The molecule has 1 aromatic heterocycles. The third kappa shape index (κ3) is 6.74. The summed E-state index contributed by atoms with van der Waals surface area (Å²) in [5.74, 6) is 0.710. The molecule has 1 atom stereocenters. The molecule has 0 radical (unpaired) electrons. The number of amides is 1. The van der Waals surface area contributed by atoms with Gasteiger partial charge in [0.2, 0.25) is 5.91 Å². The number of hydrogen-bond donors (Lipinski definition) is 1. The van der Waals surface area contributed by atoms with Crippen molar-refractivity contribution in [2.75, 3.05) is 5.75 Å². The van der Waals surface area contributed by atoms with Gasteiger partial charge >= 0.3 is 0 Å². The van der Waals surface area contributed by atoms with Crippen LogP contribution in [0.2, 0.25) is 5.02 Å². The van der Waals surface area contributed by atoms with Gasteiger partial charge in [-0.15, -0.1) is 0 Å². The third-order valence-electron chi connectivity index (χ3n) is 5.71. The van der Waals surface area contributed by atoms with Crippen LogP contribution in [0.25, 0.3) is 16.6 Å². The number of fused-ring (bicyclic) bond motifs is 1. The predicted molar refractivity (Wildman–Crippen MR) is 145 cm³/mol. The van der Waals surface area contributed by atoms with Crippen LogP contribution in [-0.4, -0.2) is 27.3 Å². The van der Waals surface area contributed by atoms with Crippen molar-refractivity contribution in [2.45, 2.75) is 43.8 Å². The van der Waals surface area contributed by atoms with Crippen molar-refractivity contribution in [1.82, 2.24) is 14.9 Å². The fraction of sp³-hybridized carbons (Fsp3) is 0.250.